The lowest BCUT2D eigenvalue weighted by atomic mass is 9.89. The van der Waals surface area contributed by atoms with Crippen molar-refractivity contribution in [2.24, 2.45) is 0 Å². The Hall–Kier alpha value is -3.97. The Morgan fingerprint density at radius 1 is 1.09 bits per heavy atom. The SMILES string of the molecule is O=C(O)c1ccc(-c2c(C3CCOCC3)n(-c3cccc(F)c3)c3cc4cn[nH]c4cc23)cc1. The van der Waals surface area contributed by atoms with Crippen LogP contribution in [0.4, 0.5) is 4.39 Å². The molecular weight excluding hydrogens is 433 g/mol. The minimum absolute atomic E-state index is 0.204. The number of aromatic amines is 1. The molecule has 2 N–H and O–H groups in total. The van der Waals surface area contributed by atoms with Crippen LogP contribution >= 0.6 is 0 Å². The van der Waals surface area contributed by atoms with Gasteiger partial charge in [-0.2, -0.15) is 5.10 Å². The van der Waals surface area contributed by atoms with Crippen molar-refractivity contribution in [3.8, 4) is 16.8 Å². The lowest BCUT2D eigenvalue weighted by Gasteiger charge is -2.26. The largest absolute Gasteiger partial charge is 0.478 e. The van der Waals surface area contributed by atoms with Gasteiger partial charge >= 0.3 is 5.97 Å². The molecule has 0 bridgehead atoms. The van der Waals surface area contributed by atoms with Crippen LogP contribution in [0.25, 0.3) is 38.6 Å². The zero-order chi connectivity index (χ0) is 23.2. The number of carboxylic acid groups (broad SMARTS) is 1. The number of carbonyl (C=O) groups is 1. The van der Waals surface area contributed by atoms with Crippen molar-refractivity contribution in [2.45, 2.75) is 18.8 Å². The number of aromatic carboxylic acids is 1. The van der Waals surface area contributed by atoms with E-state index in [1.165, 1.54) is 6.07 Å². The molecule has 1 aliphatic heterocycles. The molecule has 0 spiro atoms. The Kier molecular flexibility index (Phi) is 4.92. The summed E-state index contributed by atoms with van der Waals surface area (Å²) < 4.78 is 22.2. The van der Waals surface area contributed by atoms with Crippen molar-refractivity contribution in [3.05, 3.63) is 83.9 Å². The van der Waals surface area contributed by atoms with Gasteiger partial charge in [0.1, 0.15) is 5.82 Å². The van der Waals surface area contributed by atoms with E-state index in [4.69, 9.17) is 4.74 Å². The molecule has 0 aliphatic carbocycles. The highest BCUT2D eigenvalue weighted by atomic mass is 19.1. The van der Waals surface area contributed by atoms with Crippen LogP contribution in [0.1, 0.15) is 34.8 Å². The Balaban J connectivity index is 1.72. The average molecular weight is 455 g/mol. The lowest BCUT2D eigenvalue weighted by molar-refractivity contribution is 0.0697. The second kappa shape index (κ2) is 8.11. The molecule has 170 valence electrons. The smallest absolute Gasteiger partial charge is 0.335 e. The van der Waals surface area contributed by atoms with E-state index in [1.807, 2.05) is 18.2 Å². The van der Waals surface area contributed by atoms with Crippen LogP contribution in [0.5, 0.6) is 0 Å². The van der Waals surface area contributed by atoms with E-state index in [1.54, 1.807) is 30.5 Å². The van der Waals surface area contributed by atoms with Crippen LogP contribution < -0.4 is 0 Å². The van der Waals surface area contributed by atoms with Crippen LogP contribution in [0, 0.1) is 5.82 Å². The number of hydrogen-bond acceptors (Lipinski definition) is 3. The normalized spacial score (nSPS) is 14.7. The second-order valence-corrected chi connectivity index (χ2v) is 8.67. The minimum atomic E-state index is -0.961. The lowest BCUT2D eigenvalue weighted by Crippen LogP contribution is -2.17. The molecular formula is C27H22FN3O3. The summed E-state index contributed by atoms with van der Waals surface area (Å²) in [6, 6.07) is 17.8. The molecule has 0 saturated carbocycles. The molecule has 2 aromatic heterocycles. The Morgan fingerprint density at radius 3 is 2.62 bits per heavy atom. The number of halogens is 1. The standard InChI is InChI=1S/C27H22FN3O3/c28-20-2-1-3-21(13-20)31-24-12-19-15-29-30-23(19)14-22(24)25(26(31)17-8-10-34-11-9-17)16-4-6-18(7-5-16)27(32)33/h1-7,12-15,17H,8-11H2,(H,29,30)(H,32,33). The summed E-state index contributed by atoms with van der Waals surface area (Å²) in [6.45, 7) is 1.33. The van der Waals surface area contributed by atoms with Gasteiger partial charge in [0.15, 0.2) is 0 Å². The molecule has 1 fully saturated rings. The van der Waals surface area contributed by atoms with Crippen LogP contribution in [0.2, 0.25) is 0 Å². The maximum Gasteiger partial charge on any atom is 0.335 e. The van der Waals surface area contributed by atoms with Gasteiger partial charge < -0.3 is 14.4 Å². The number of aromatic nitrogens is 3. The zero-order valence-corrected chi connectivity index (χ0v) is 18.3. The summed E-state index contributed by atoms with van der Waals surface area (Å²) >= 11 is 0. The minimum Gasteiger partial charge on any atom is -0.478 e. The highest BCUT2D eigenvalue weighted by molar-refractivity contribution is 6.06. The van der Waals surface area contributed by atoms with Gasteiger partial charge in [0.2, 0.25) is 0 Å². The third-order valence-electron chi connectivity index (χ3n) is 6.66. The third kappa shape index (κ3) is 3.36. The fraction of sp³-hybridized carbons (Fsp3) is 0.185. The van der Waals surface area contributed by atoms with E-state index >= 15 is 0 Å². The zero-order valence-electron chi connectivity index (χ0n) is 18.3. The average Bonchev–Trinajstić information content (AvgIpc) is 3.45. The molecule has 6 rings (SSSR count). The number of H-pyrrole nitrogens is 1. The number of benzene rings is 3. The first-order valence-electron chi connectivity index (χ1n) is 11.3. The predicted octanol–water partition coefficient (Wildman–Crippen LogP) is 5.91. The number of hydrogen-bond donors (Lipinski definition) is 2. The van der Waals surface area contributed by atoms with Crippen molar-refractivity contribution in [1.29, 1.82) is 0 Å². The summed E-state index contributed by atoms with van der Waals surface area (Å²) in [7, 11) is 0. The number of nitrogens with one attached hydrogen (secondary N) is 1. The molecule has 3 heterocycles. The first kappa shape index (κ1) is 20.6. The van der Waals surface area contributed by atoms with E-state index < -0.39 is 5.97 Å². The molecule has 0 unspecified atom stereocenters. The van der Waals surface area contributed by atoms with Crippen LogP contribution in [0.3, 0.4) is 0 Å². The predicted molar refractivity (Wildman–Crippen MR) is 128 cm³/mol. The molecule has 5 aromatic rings. The van der Waals surface area contributed by atoms with Gasteiger partial charge in [-0.15, -0.1) is 0 Å². The number of rotatable bonds is 4. The van der Waals surface area contributed by atoms with Crippen LogP contribution in [0.15, 0.2) is 66.9 Å². The fourth-order valence-corrected chi connectivity index (χ4v) is 5.08. The van der Waals surface area contributed by atoms with Crippen molar-refractivity contribution in [2.75, 3.05) is 13.2 Å². The quantitative estimate of drug-likeness (QED) is 0.353. The summed E-state index contributed by atoms with van der Waals surface area (Å²) in [4.78, 5) is 11.4. The van der Waals surface area contributed by atoms with Crippen LogP contribution in [-0.4, -0.2) is 39.1 Å². The van der Waals surface area contributed by atoms with Crippen LogP contribution in [-0.2, 0) is 4.74 Å². The highest BCUT2D eigenvalue weighted by Gasteiger charge is 2.28. The first-order chi connectivity index (χ1) is 16.6. The molecule has 0 atom stereocenters. The van der Waals surface area contributed by atoms with Gasteiger partial charge in [-0.1, -0.05) is 18.2 Å². The molecule has 6 nitrogen and oxygen atoms in total. The molecule has 0 amide bonds. The molecule has 1 aliphatic rings. The second-order valence-electron chi connectivity index (χ2n) is 8.67. The fourth-order valence-electron chi connectivity index (χ4n) is 5.08. The molecule has 34 heavy (non-hydrogen) atoms. The summed E-state index contributed by atoms with van der Waals surface area (Å²) in [5, 5.41) is 18.6. The molecule has 1 saturated heterocycles. The third-order valence-corrected chi connectivity index (χ3v) is 6.66. The van der Waals surface area contributed by atoms with E-state index in [-0.39, 0.29) is 17.3 Å². The molecule has 7 heteroatoms. The summed E-state index contributed by atoms with van der Waals surface area (Å²) in [5.74, 6) is -1.05. The topological polar surface area (TPSA) is 80.1 Å². The van der Waals surface area contributed by atoms with Gasteiger partial charge in [0, 0.05) is 46.8 Å². The number of ether oxygens (including phenoxy) is 1. The summed E-state index contributed by atoms with van der Waals surface area (Å²) in [5.41, 5.74) is 5.89. The van der Waals surface area contributed by atoms with Crippen molar-refractivity contribution < 1.29 is 19.0 Å². The molecule has 0 radical (unpaired) electrons. The maximum atomic E-state index is 14.4. The van der Waals surface area contributed by atoms with E-state index in [2.05, 4.69) is 26.9 Å². The van der Waals surface area contributed by atoms with Gasteiger partial charge in [0.05, 0.1) is 22.8 Å². The number of fused-ring (bicyclic) bond motifs is 2. The van der Waals surface area contributed by atoms with Gasteiger partial charge in [0.25, 0.3) is 0 Å². The molecule has 3 aromatic carbocycles. The summed E-state index contributed by atoms with van der Waals surface area (Å²) in [6.07, 6.45) is 3.49. The Morgan fingerprint density at radius 2 is 1.88 bits per heavy atom. The van der Waals surface area contributed by atoms with Crippen molar-refractivity contribution >= 4 is 27.8 Å². The Bertz CT molecular complexity index is 1530. The van der Waals surface area contributed by atoms with E-state index in [0.717, 1.165) is 57.2 Å². The first-order valence-corrected chi connectivity index (χ1v) is 11.3. The number of carboxylic acids is 1. The van der Waals surface area contributed by atoms with Gasteiger partial charge in [-0.3, -0.25) is 5.10 Å². The Labute approximate surface area is 194 Å². The highest BCUT2D eigenvalue weighted by Crippen LogP contribution is 2.44. The van der Waals surface area contributed by atoms with Crippen molar-refractivity contribution in [3.63, 3.8) is 0 Å². The maximum absolute atomic E-state index is 14.4. The van der Waals surface area contributed by atoms with Crippen molar-refractivity contribution in [1.82, 2.24) is 14.8 Å². The van der Waals surface area contributed by atoms with Gasteiger partial charge in [-0.05, 0) is 60.9 Å². The number of nitrogens with zero attached hydrogens (tertiary/aromatic N) is 2. The van der Waals surface area contributed by atoms with Gasteiger partial charge in [-0.25, -0.2) is 9.18 Å². The van der Waals surface area contributed by atoms with E-state index in [0.29, 0.717) is 13.2 Å². The monoisotopic (exact) mass is 455 g/mol. The van der Waals surface area contributed by atoms with E-state index in [9.17, 15) is 14.3 Å².